The van der Waals surface area contributed by atoms with Crippen LogP contribution in [0.3, 0.4) is 0 Å². The third kappa shape index (κ3) is 3.63. The largest absolute Gasteiger partial charge is 0.351 e. The van der Waals surface area contributed by atoms with E-state index in [9.17, 15) is 4.39 Å². The van der Waals surface area contributed by atoms with Gasteiger partial charge in [0, 0.05) is 19.1 Å². The number of rotatable bonds is 5. The number of hydrogen-bond acceptors (Lipinski definition) is 6. The van der Waals surface area contributed by atoms with E-state index in [1.807, 2.05) is 7.05 Å². The summed E-state index contributed by atoms with van der Waals surface area (Å²) in [6, 6.07) is 0.568. The van der Waals surface area contributed by atoms with Gasteiger partial charge in [-0.25, -0.2) is 14.4 Å². The van der Waals surface area contributed by atoms with Crippen LogP contribution in [0.25, 0.3) is 11.4 Å². The van der Waals surface area contributed by atoms with Crippen molar-refractivity contribution in [2.45, 2.75) is 57.0 Å². The molecular formula is C17H24FN7. The minimum Gasteiger partial charge on any atom is -0.351 e. The molecule has 0 saturated heterocycles. The van der Waals surface area contributed by atoms with Crippen molar-refractivity contribution >= 4 is 5.95 Å². The average Bonchev–Trinajstić information content (AvgIpc) is 3.35. The number of nitrogens with zero attached hydrogens (tertiary/aromatic N) is 5. The highest BCUT2D eigenvalue weighted by molar-refractivity contribution is 5.59. The predicted octanol–water partition coefficient (Wildman–Crippen LogP) is 2.05. The highest BCUT2D eigenvalue weighted by Gasteiger charge is 2.27. The summed E-state index contributed by atoms with van der Waals surface area (Å²) < 4.78 is 16.1. The second-order valence-electron chi connectivity index (χ2n) is 7.30. The van der Waals surface area contributed by atoms with E-state index in [4.69, 9.17) is 5.73 Å². The van der Waals surface area contributed by atoms with E-state index < -0.39 is 5.82 Å². The van der Waals surface area contributed by atoms with E-state index in [0.717, 1.165) is 37.8 Å². The van der Waals surface area contributed by atoms with Crippen molar-refractivity contribution in [3.05, 3.63) is 17.7 Å². The first-order valence-corrected chi connectivity index (χ1v) is 9.03. The molecule has 0 radical (unpaired) electrons. The summed E-state index contributed by atoms with van der Waals surface area (Å²) in [4.78, 5) is 8.52. The molecule has 0 bridgehead atoms. The maximum Gasteiger partial charge on any atom is 0.223 e. The van der Waals surface area contributed by atoms with Gasteiger partial charge in [-0.05, 0) is 50.9 Å². The average molecular weight is 345 g/mol. The minimum absolute atomic E-state index is 0.230. The van der Waals surface area contributed by atoms with Gasteiger partial charge in [-0.2, -0.15) is 0 Å². The lowest BCUT2D eigenvalue weighted by molar-refractivity contribution is 0.409. The summed E-state index contributed by atoms with van der Waals surface area (Å²) in [6.07, 6.45) is 8.45. The second-order valence-corrected chi connectivity index (χ2v) is 7.30. The molecule has 3 N–H and O–H groups in total. The number of aromatic nitrogens is 5. The SMILES string of the molecule is Cn1nnc(-c2nc(NC3CCC(N)CC3)ncc2F)c1CC1CC1. The Morgan fingerprint density at radius 1 is 1.20 bits per heavy atom. The van der Waals surface area contributed by atoms with Gasteiger partial charge in [0.2, 0.25) is 5.95 Å². The molecule has 7 nitrogen and oxygen atoms in total. The normalized spacial score (nSPS) is 23.6. The van der Waals surface area contributed by atoms with Gasteiger partial charge in [-0.3, -0.25) is 4.68 Å². The highest BCUT2D eigenvalue weighted by atomic mass is 19.1. The van der Waals surface area contributed by atoms with Crippen molar-refractivity contribution in [3.8, 4) is 11.4 Å². The molecule has 2 saturated carbocycles. The van der Waals surface area contributed by atoms with Crippen molar-refractivity contribution in [3.63, 3.8) is 0 Å². The van der Waals surface area contributed by atoms with E-state index in [1.54, 1.807) is 4.68 Å². The summed E-state index contributed by atoms with van der Waals surface area (Å²) in [5, 5.41) is 11.6. The highest BCUT2D eigenvalue weighted by Crippen LogP contribution is 2.35. The molecule has 0 atom stereocenters. The van der Waals surface area contributed by atoms with Gasteiger partial charge in [0.05, 0.1) is 11.9 Å². The Labute approximate surface area is 146 Å². The Balaban J connectivity index is 1.57. The molecule has 0 unspecified atom stereocenters. The molecule has 25 heavy (non-hydrogen) atoms. The van der Waals surface area contributed by atoms with Crippen molar-refractivity contribution in [1.82, 2.24) is 25.0 Å². The molecule has 2 aromatic rings. The summed E-state index contributed by atoms with van der Waals surface area (Å²) in [5.74, 6) is 0.638. The minimum atomic E-state index is -0.464. The molecule has 134 valence electrons. The molecule has 8 heteroatoms. The zero-order valence-electron chi connectivity index (χ0n) is 14.5. The van der Waals surface area contributed by atoms with Crippen molar-refractivity contribution in [2.24, 2.45) is 18.7 Å². The van der Waals surface area contributed by atoms with Crippen molar-refractivity contribution < 1.29 is 4.39 Å². The standard InChI is InChI=1S/C17H24FN7/c1-25-14(8-10-2-3-10)16(23-24-25)15-13(18)9-20-17(22-15)21-12-6-4-11(19)5-7-12/h9-12H,2-8,19H2,1H3,(H,20,21,22). The number of nitrogens with one attached hydrogen (secondary N) is 1. The first kappa shape index (κ1) is 16.4. The Morgan fingerprint density at radius 3 is 2.68 bits per heavy atom. The van der Waals surface area contributed by atoms with Crippen LogP contribution in [0.1, 0.15) is 44.2 Å². The fraction of sp³-hybridized carbons (Fsp3) is 0.647. The first-order chi connectivity index (χ1) is 12.1. The molecule has 2 fully saturated rings. The van der Waals surface area contributed by atoms with Crippen molar-refractivity contribution in [1.29, 1.82) is 0 Å². The summed E-state index contributed by atoms with van der Waals surface area (Å²) in [6.45, 7) is 0. The maximum atomic E-state index is 14.4. The van der Waals surface area contributed by atoms with Crippen molar-refractivity contribution in [2.75, 3.05) is 5.32 Å². The van der Waals surface area contributed by atoms with Crippen LogP contribution in [0.5, 0.6) is 0 Å². The molecular weight excluding hydrogens is 321 g/mol. The van der Waals surface area contributed by atoms with Crippen LogP contribution in [0.2, 0.25) is 0 Å². The quantitative estimate of drug-likeness (QED) is 0.861. The zero-order valence-corrected chi connectivity index (χ0v) is 14.5. The van der Waals surface area contributed by atoms with E-state index >= 15 is 0 Å². The van der Waals surface area contributed by atoms with E-state index in [1.165, 1.54) is 19.0 Å². The Kier molecular flexibility index (Phi) is 4.37. The summed E-state index contributed by atoms with van der Waals surface area (Å²) >= 11 is 0. The Hall–Kier alpha value is -2.09. The molecule has 2 aromatic heterocycles. The van der Waals surface area contributed by atoms with Crippen LogP contribution >= 0.6 is 0 Å². The van der Waals surface area contributed by atoms with Crippen LogP contribution in [-0.2, 0) is 13.5 Å². The van der Waals surface area contributed by atoms with Crippen LogP contribution in [0.4, 0.5) is 10.3 Å². The van der Waals surface area contributed by atoms with Gasteiger partial charge in [0.1, 0.15) is 11.4 Å². The molecule has 0 amide bonds. The molecule has 2 aliphatic carbocycles. The second kappa shape index (κ2) is 6.67. The summed E-state index contributed by atoms with van der Waals surface area (Å²) in [5.41, 5.74) is 7.65. The van der Waals surface area contributed by atoms with Crippen LogP contribution in [-0.4, -0.2) is 37.0 Å². The number of hydrogen-bond donors (Lipinski definition) is 2. The molecule has 2 aliphatic rings. The molecule has 0 spiro atoms. The lowest BCUT2D eigenvalue weighted by Gasteiger charge is -2.26. The van der Waals surface area contributed by atoms with Gasteiger partial charge >= 0.3 is 0 Å². The number of aryl methyl sites for hydroxylation is 1. The van der Waals surface area contributed by atoms with Crippen LogP contribution < -0.4 is 11.1 Å². The molecule has 2 heterocycles. The maximum absolute atomic E-state index is 14.4. The lowest BCUT2D eigenvalue weighted by atomic mass is 9.92. The zero-order chi connectivity index (χ0) is 17.4. The number of halogens is 1. The van der Waals surface area contributed by atoms with Crippen LogP contribution in [0, 0.1) is 11.7 Å². The van der Waals surface area contributed by atoms with Gasteiger partial charge in [0.15, 0.2) is 5.82 Å². The van der Waals surface area contributed by atoms with Crippen LogP contribution in [0.15, 0.2) is 6.20 Å². The molecule has 0 aliphatic heterocycles. The van der Waals surface area contributed by atoms with E-state index in [0.29, 0.717) is 17.6 Å². The van der Waals surface area contributed by atoms with E-state index in [2.05, 4.69) is 25.6 Å². The molecule has 0 aromatic carbocycles. The third-order valence-corrected chi connectivity index (χ3v) is 5.20. The number of anilines is 1. The summed E-state index contributed by atoms with van der Waals surface area (Å²) in [7, 11) is 1.84. The number of nitrogens with two attached hydrogens (primary N) is 1. The third-order valence-electron chi connectivity index (χ3n) is 5.20. The topological polar surface area (TPSA) is 94.5 Å². The fourth-order valence-electron chi connectivity index (χ4n) is 3.43. The monoisotopic (exact) mass is 345 g/mol. The van der Waals surface area contributed by atoms with Gasteiger partial charge in [-0.15, -0.1) is 5.10 Å². The van der Waals surface area contributed by atoms with Gasteiger partial charge in [-0.1, -0.05) is 5.21 Å². The smallest absolute Gasteiger partial charge is 0.223 e. The predicted molar refractivity (Wildman–Crippen MR) is 92.3 cm³/mol. The van der Waals surface area contributed by atoms with E-state index in [-0.39, 0.29) is 17.8 Å². The Bertz CT molecular complexity index is 747. The van der Waals surface area contributed by atoms with Gasteiger partial charge < -0.3 is 11.1 Å². The first-order valence-electron chi connectivity index (χ1n) is 9.03. The Morgan fingerprint density at radius 2 is 1.96 bits per heavy atom. The van der Waals surface area contributed by atoms with Gasteiger partial charge in [0.25, 0.3) is 0 Å². The molecule has 4 rings (SSSR count). The fourth-order valence-corrected chi connectivity index (χ4v) is 3.43. The lowest BCUT2D eigenvalue weighted by Crippen LogP contribution is -2.33.